The normalized spacial score (nSPS) is 11.6. The molecule has 0 aliphatic heterocycles. The molecule has 6 rings (SSSR count). The fraction of sp³-hybridized carbons (Fsp3) is 0.0270. The van der Waals surface area contributed by atoms with Crippen LogP contribution in [-0.4, -0.2) is 16.5 Å². The maximum Gasteiger partial charge on any atom is 0.245 e. The van der Waals surface area contributed by atoms with Gasteiger partial charge in [-0.3, -0.25) is 0 Å². The first-order chi connectivity index (χ1) is 19.8. The van der Waals surface area contributed by atoms with Gasteiger partial charge in [0.25, 0.3) is 0 Å². The lowest BCUT2D eigenvalue weighted by Crippen LogP contribution is -2.87. The molecule has 0 bridgehead atoms. The zero-order valence-electron chi connectivity index (χ0n) is 22.8. The number of rotatable bonds is 8. The van der Waals surface area contributed by atoms with Crippen LogP contribution in [0.15, 0.2) is 182 Å². The van der Waals surface area contributed by atoms with E-state index in [2.05, 4.69) is 193 Å². The fourth-order valence-corrected chi connectivity index (χ4v) is 18.4. The first-order valence-electron chi connectivity index (χ1n) is 13.9. The van der Waals surface area contributed by atoms with Crippen LogP contribution < -0.4 is 30.2 Å². The molecule has 3 heteroatoms. The van der Waals surface area contributed by atoms with Crippen LogP contribution in [0.25, 0.3) is 0 Å². The third-order valence-corrected chi connectivity index (χ3v) is 18.9. The van der Waals surface area contributed by atoms with Gasteiger partial charge in [-0.2, -0.15) is 0 Å². The molecule has 6 aromatic rings. The lowest BCUT2D eigenvalue weighted by atomic mass is 10.3. The van der Waals surface area contributed by atoms with Crippen molar-refractivity contribution in [3.8, 4) is 0 Å². The monoisotopic (exact) mass is 547 g/mol. The van der Waals surface area contributed by atoms with Crippen molar-refractivity contribution in [3.63, 3.8) is 0 Å². The van der Waals surface area contributed by atoms with E-state index < -0.39 is 16.5 Å². The van der Waals surface area contributed by atoms with Crippen LogP contribution in [0.4, 0.5) is 5.69 Å². The number of benzene rings is 6. The Morgan fingerprint density at radius 2 is 0.575 bits per heavy atom. The fourth-order valence-electron chi connectivity index (χ4n) is 6.24. The maximum absolute atomic E-state index is 2.92. The Hall–Kier alpha value is -4.45. The molecular weight excluding hydrogens is 515 g/mol. The molecule has 0 saturated heterocycles. The molecule has 0 fully saturated rings. The van der Waals surface area contributed by atoms with Crippen molar-refractivity contribution in [2.45, 2.75) is 6.55 Å². The van der Waals surface area contributed by atoms with E-state index >= 15 is 0 Å². The van der Waals surface area contributed by atoms with Crippen molar-refractivity contribution in [2.75, 3.05) is 4.23 Å². The molecule has 0 amide bonds. The zero-order valence-corrected chi connectivity index (χ0v) is 24.8. The summed E-state index contributed by atoms with van der Waals surface area (Å²) in [6.45, 7) is 2.54. The quantitative estimate of drug-likeness (QED) is 0.178. The van der Waals surface area contributed by atoms with Crippen LogP contribution in [0.2, 0.25) is 6.55 Å². The van der Waals surface area contributed by atoms with Crippen molar-refractivity contribution < 1.29 is 0 Å². The van der Waals surface area contributed by atoms with Gasteiger partial charge in [0.2, 0.25) is 16.5 Å². The van der Waals surface area contributed by atoms with Crippen molar-refractivity contribution in [2.24, 2.45) is 0 Å². The van der Waals surface area contributed by atoms with E-state index in [1.165, 1.54) is 31.6 Å². The number of nitrogens with zero attached hydrogens (tertiary/aromatic N) is 1. The summed E-state index contributed by atoms with van der Waals surface area (Å²) in [5.74, 6) is 0. The molecule has 40 heavy (non-hydrogen) atoms. The van der Waals surface area contributed by atoms with Gasteiger partial charge in [0, 0.05) is 5.69 Å². The number of anilines is 1. The highest BCUT2D eigenvalue weighted by atomic mass is 28.4. The summed E-state index contributed by atoms with van der Waals surface area (Å²) in [5, 5.41) is 6.92. The Bertz CT molecular complexity index is 1490. The van der Waals surface area contributed by atoms with Gasteiger partial charge in [-0.15, -0.1) is 0 Å². The second kappa shape index (κ2) is 11.3. The molecule has 0 heterocycles. The molecule has 0 atom stereocenters. The molecule has 194 valence electrons. The topological polar surface area (TPSA) is 3.24 Å². The molecule has 0 aromatic heterocycles. The molecule has 0 saturated carbocycles. The van der Waals surface area contributed by atoms with Gasteiger partial charge < -0.3 is 4.23 Å². The summed E-state index contributed by atoms with van der Waals surface area (Å²) in [7, 11) is -5.56. The highest BCUT2D eigenvalue weighted by Gasteiger charge is 2.54. The van der Waals surface area contributed by atoms with Crippen molar-refractivity contribution >= 4 is 48.1 Å². The Balaban J connectivity index is 1.83. The molecule has 0 unspecified atom stereocenters. The van der Waals surface area contributed by atoms with Gasteiger partial charge in [0.15, 0.2) is 0 Å². The number of para-hydroxylation sites is 1. The largest absolute Gasteiger partial charge is 0.407 e. The molecule has 0 spiro atoms. The maximum atomic E-state index is 2.92. The minimum Gasteiger partial charge on any atom is -0.407 e. The van der Waals surface area contributed by atoms with E-state index in [-0.39, 0.29) is 0 Å². The van der Waals surface area contributed by atoms with Gasteiger partial charge in [0.05, 0.1) is 0 Å². The third-order valence-electron chi connectivity index (χ3n) is 8.04. The highest BCUT2D eigenvalue weighted by molar-refractivity contribution is 7.25. The number of hydrogen-bond donors (Lipinski definition) is 0. The van der Waals surface area contributed by atoms with Crippen molar-refractivity contribution in [1.29, 1.82) is 0 Å². The van der Waals surface area contributed by atoms with Gasteiger partial charge in [-0.1, -0.05) is 170 Å². The third kappa shape index (κ3) is 4.43. The Kier molecular flexibility index (Phi) is 7.32. The van der Waals surface area contributed by atoms with Gasteiger partial charge in [0.1, 0.15) is 0 Å². The number of hydrogen-bond acceptors (Lipinski definition) is 1. The second-order valence-electron chi connectivity index (χ2n) is 10.3. The first kappa shape index (κ1) is 25.8. The standard InChI is InChI=1S/C37H33NSi2/c1-39(33-22-10-3-11-23-33,34-24-12-4-13-25-34)38(32-20-8-2-9-21-32)40(35-26-14-5-15-27-35,36-28-16-6-17-29-36)37-30-18-7-19-31-37/h2-31H,1H3. The smallest absolute Gasteiger partial charge is 0.245 e. The van der Waals surface area contributed by atoms with Crippen molar-refractivity contribution in [3.05, 3.63) is 182 Å². The first-order valence-corrected chi connectivity index (χ1v) is 18.3. The van der Waals surface area contributed by atoms with E-state index in [9.17, 15) is 0 Å². The SMILES string of the molecule is C[Si](c1ccccc1)(c1ccccc1)N(c1ccccc1)[Si](c1ccccc1)(c1ccccc1)c1ccccc1. The van der Waals surface area contributed by atoms with Crippen molar-refractivity contribution in [1.82, 2.24) is 0 Å². The van der Waals surface area contributed by atoms with Gasteiger partial charge in [-0.25, -0.2) is 0 Å². The van der Waals surface area contributed by atoms with E-state index in [0.29, 0.717) is 0 Å². The van der Waals surface area contributed by atoms with Crippen LogP contribution in [0.5, 0.6) is 0 Å². The zero-order chi connectivity index (χ0) is 27.3. The molecular formula is C37H33NSi2. The van der Waals surface area contributed by atoms with Gasteiger partial charge >= 0.3 is 0 Å². The lowest BCUT2D eigenvalue weighted by Gasteiger charge is -2.54. The summed E-state index contributed by atoms with van der Waals surface area (Å²) in [6.07, 6.45) is 0. The predicted octanol–water partition coefficient (Wildman–Crippen LogP) is 5.55. The summed E-state index contributed by atoms with van der Waals surface area (Å²) in [5.41, 5.74) is 1.26. The Morgan fingerprint density at radius 1 is 0.325 bits per heavy atom. The molecule has 0 N–H and O–H groups in total. The van der Waals surface area contributed by atoms with Crippen LogP contribution in [0.1, 0.15) is 0 Å². The Morgan fingerprint density at radius 3 is 0.875 bits per heavy atom. The van der Waals surface area contributed by atoms with Crippen LogP contribution >= 0.6 is 0 Å². The van der Waals surface area contributed by atoms with Crippen LogP contribution in [0, 0.1) is 0 Å². The lowest BCUT2D eigenvalue weighted by molar-refractivity contribution is 1.42. The van der Waals surface area contributed by atoms with E-state index in [1.807, 2.05) is 0 Å². The minimum absolute atomic E-state index is 1.26. The van der Waals surface area contributed by atoms with E-state index in [0.717, 1.165) is 0 Å². The molecule has 6 aromatic carbocycles. The van der Waals surface area contributed by atoms with Crippen LogP contribution in [-0.2, 0) is 0 Å². The minimum atomic E-state index is -2.90. The van der Waals surface area contributed by atoms with Crippen LogP contribution in [0.3, 0.4) is 0 Å². The average molecular weight is 548 g/mol. The van der Waals surface area contributed by atoms with E-state index in [1.54, 1.807) is 0 Å². The molecule has 0 aliphatic rings. The summed E-state index contributed by atoms with van der Waals surface area (Å²) < 4.78 is 2.92. The molecule has 0 radical (unpaired) electrons. The summed E-state index contributed by atoms with van der Waals surface area (Å²) in [4.78, 5) is 0. The van der Waals surface area contributed by atoms with Gasteiger partial charge in [-0.05, 0) is 44.6 Å². The van der Waals surface area contributed by atoms with E-state index in [4.69, 9.17) is 0 Å². The molecule has 0 aliphatic carbocycles. The average Bonchev–Trinajstić information content (AvgIpc) is 3.06. The highest BCUT2D eigenvalue weighted by Crippen LogP contribution is 2.29. The summed E-state index contributed by atoms with van der Waals surface area (Å²) in [6, 6.07) is 67.3. The summed E-state index contributed by atoms with van der Waals surface area (Å²) >= 11 is 0. The Labute approximate surface area is 240 Å². The predicted molar refractivity (Wildman–Crippen MR) is 177 cm³/mol. The molecule has 1 nitrogen and oxygen atoms in total. The second-order valence-corrected chi connectivity index (χ2v) is 18.1.